The molecule has 0 unspecified atom stereocenters. The quantitative estimate of drug-likeness (QED) is 0.895. The number of aryl methyl sites for hydroxylation is 2. The molecule has 0 aliphatic carbocycles. The molecule has 122 valence electrons. The number of rotatable bonds is 3. The molecular weight excluding hydrogens is 324 g/mol. The van der Waals surface area contributed by atoms with Gasteiger partial charge in [0.15, 0.2) is 11.5 Å². The van der Waals surface area contributed by atoms with Crippen LogP contribution in [-0.2, 0) is 10.0 Å². The lowest BCUT2D eigenvalue weighted by Crippen LogP contribution is -2.31. The molecule has 0 fully saturated rings. The second-order valence-electron chi connectivity index (χ2n) is 4.94. The van der Waals surface area contributed by atoms with Crippen LogP contribution in [0.15, 0.2) is 27.6 Å². The van der Waals surface area contributed by atoms with Crippen molar-refractivity contribution in [1.82, 2.24) is 9.88 Å². The number of nitrogens with one attached hydrogen (secondary N) is 1. The molecule has 9 heteroatoms. The maximum absolute atomic E-state index is 12.4. The summed E-state index contributed by atoms with van der Waals surface area (Å²) in [6.07, 6.45) is 0. The molecule has 2 aromatic rings. The Morgan fingerprint density at radius 1 is 1.17 bits per heavy atom. The number of aromatic nitrogens is 1. The molecule has 0 spiro atoms. The summed E-state index contributed by atoms with van der Waals surface area (Å²) in [7, 11) is -4.06. The van der Waals surface area contributed by atoms with E-state index in [0.29, 0.717) is 30.4 Å². The van der Waals surface area contributed by atoms with Crippen molar-refractivity contribution in [3.63, 3.8) is 0 Å². The number of benzene rings is 1. The Balaban J connectivity index is 1.89. The fourth-order valence-corrected chi connectivity index (χ4v) is 3.20. The molecule has 0 saturated carbocycles. The number of sulfonamides is 1. The van der Waals surface area contributed by atoms with E-state index in [9.17, 15) is 13.2 Å². The van der Waals surface area contributed by atoms with Crippen LogP contribution in [0.2, 0.25) is 0 Å². The van der Waals surface area contributed by atoms with E-state index in [2.05, 4.69) is 5.16 Å². The van der Waals surface area contributed by atoms with Crippen LogP contribution in [0.1, 0.15) is 21.8 Å². The minimum atomic E-state index is -4.06. The number of ether oxygens (including phenoxy) is 2. The van der Waals surface area contributed by atoms with Crippen LogP contribution in [0.5, 0.6) is 11.5 Å². The van der Waals surface area contributed by atoms with Gasteiger partial charge in [-0.05, 0) is 26.0 Å². The first-order chi connectivity index (χ1) is 10.9. The number of amides is 1. The average molecular weight is 338 g/mol. The first kappa shape index (κ1) is 15.3. The molecule has 1 N–H and O–H groups in total. The van der Waals surface area contributed by atoms with Gasteiger partial charge in [-0.15, -0.1) is 0 Å². The predicted octanol–water partition coefficient (Wildman–Crippen LogP) is 1.18. The standard InChI is InChI=1S/C14H14N2O6S/c1-8-13(9(2)22-15-8)14(17)16-23(18,19)10-3-4-11-12(7-10)21-6-5-20-11/h3-4,7H,5-6H2,1-2H3,(H,16,17). The molecule has 1 aromatic carbocycles. The van der Waals surface area contributed by atoms with Crippen molar-refractivity contribution in [3.05, 3.63) is 35.2 Å². The molecule has 0 radical (unpaired) electrons. The zero-order valence-electron chi connectivity index (χ0n) is 12.5. The maximum atomic E-state index is 12.4. The van der Waals surface area contributed by atoms with E-state index in [0.717, 1.165) is 0 Å². The van der Waals surface area contributed by atoms with Crippen molar-refractivity contribution in [2.45, 2.75) is 18.7 Å². The summed E-state index contributed by atoms with van der Waals surface area (Å²) in [5.74, 6) is 0.240. The number of fused-ring (bicyclic) bond motifs is 1. The van der Waals surface area contributed by atoms with Crippen LogP contribution in [-0.4, -0.2) is 32.7 Å². The lowest BCUT2D eigenvalue weighted by Gasteiger charge is -2.18. The number of nitrogens with zero attached hydrogens (tertiary/aromatic N) is 1. The number of hydrogen-bond acceptors (Lipinski definition) is 7. The van der Waals surface area contributed by atoms with Gasteiger partial charge in [0.25, 0.3) is 15.9 Å². The summed E-state index contributed by atoms with van der Waals surface area (Å²) >= 11 is 0. The Morgan fingerprint density at radius 2 is 1.87 bits per heavy atom. The Bertz CT molecular complexity index is 852. The zero-order valence-corrected chi connectivity index (χ0v) is 13.3. The third kappa shape index (κ3) is 2.87. The molecule has 1 aromatic heterocycles. The van der Waals surface area contributed by atoms with Crippen molar-refractivity contribution in [3.8, 4) is 11.5 Å². The van der Waals surface area contributed by atoms with Gasteiger partial charge in [-0.2, -0.15) is 0 Å². The SMILES string of the molecule is Cc1noc(C)c1C(=O)NS(=O)(=O)c1ccc2c(c1)OCCO2. The highest BCUT2D eigenvalue weighted by Gasteiger charge is 2.25. The van der Waals surface area contributed by atoms with E-state index in [1.807, 2.05) is 4.72 Å². The molecule has 0 saturated heterocycles. The van der Waals surface area contributed by atoms with Crippen LogP contribution < -0.4 is 14.2 Å². The van der Waals surface area contributed by atoms with Crippen LogP contribution in [0, 0.1) is 13.8 Å². The van der Waals surface area contributed by atoms with Gasteiger partial charge in [0.2, 0.25) is 0 Å². The highest BCUT2D eigenvalue weighted by Crippen LogP contribution is 2.32. The largest absolute Gasteiger partial charge is 0.486 e. The molecule has 1 amide bonds. The second-order valence-corrected chi connectivity index (χ2v) is 6.62. The maximum Gasteiger partial charge on any atom is 0.270 e. The zero-order chi connectivity index (χ0) is 16.6. The molecule has 3 rings (SSSR count). The van der Waals surface area contributed by atoms with Gasteiger partial charge in [0, 0.05) is 6.07 Å². The van der Waals surface area contributed by atoms with Crippen LogP contribution in [0.25, 0.3) is 0 Å². The normalized spacial score (nSPS) is 13.7. The number of carbonyl (C=O) groups excluding carboxylic acids is 1. The molecule has 2 heterocycles. The van der Waals surface area contributed by atoms with Crippen molar-refractivity contribution >= 4 is 15.9 Å². The third-order valence-electron chi connectivity index (χ3n) is 3.31. The van der Waals surface area contributed by atoms with E-state index >= 15 is 0 Å². The van der Waals surface area contributed by atoms with Crippen molar-refractivity contribution in [1.29, 1.82) is 0 Å². The minimum Gasteiger partial charge on any atom is -0.486 e. The Hall–Kier alpha value is -2.55. The molecule has 8 nitrogen and oxygen atoms in total. The van der Waals surface area contributed by atoms with E-state index in [1.165, 1.54) is 25.1 Å². The first-order valence-corrected chi connectivity index (χ1v) is 8.26. The Morgan fingerprint density at radius 3 is 2.52 bits per heavy atom. The van der Waals surface area contributed by atoms with E-state index in [4.69, 9.17) is 14.0 Å². The van der Waals surface area contributed by atoms with Crippen molar-refractivity contribution < 1.29 is 27.2 Å². The highest BCUT2D eigenvalue weighted by molar-refractivity contribution is 7.90. The van der Waals surface area contributed by atoms with E-state index in [1.54, 1.807) is 6.92 Å². The fraction of sp³-hybridized carbons (Fsp3) is 0.286. The smallest absolute Gasteiger partial charge is 0.270 e. The van der Waals surface area contributed by atoms with Gasteiger partial charge in [0.1, 0.15) is 24.5 Å². The van der Waals surface area contributed by atoms with Crippen LogP contribution in [0.3, 0.4) is 0 Å². The van der Waals surface area contributed by atoms with Gasteiger partial charge in [-0.25, -0.2) is 13.1 Å². The summed E-state index contributed by atoms with van der Waals surface area (Å²) in [5.41, 5.74) is 0.420. The molecule has 0 bridgehead atoms. The van der Waals surface area contributed by atoms with Gasteiger partial charge in [-0.3, -0.25) is 4.79 Å². The van der Waals surface area contributed by atoms with Crippen LogP contribution in [0.4, 0.5) is 0 Å². The third-order valence-corrected chi connectivity index (χ3v) is 4.64. The average Bonchev–Trinajstić information content (AvgIpc) is 2.85. The monoisotopic (exact) mass is 338 g/mol. The molecule has 1 aliphatic heterocycles. The van der Waals surface area contributed by atoms with Crippen LogP contribution >= 0.6 is 0 Å². The second kappa shape index (κ2) is 5.58. The van der Waals surface area contributed by atoms with Crippen molar-refractivity contribution in [2.24, 2.45) is 0 Å². The predicted molar refractivity (Wildman–Crippen MR) is 78.1 cm³/mol. The fourth-order valence-electron chi connectivity index (χ4n) is 2.23. The summed E-state index contributed by atoms with van der Waals surface area (Å²) in [6.45, 7) is 3.83. The molecule has 0 atom stereocenters. The lowest BCUT2D eigenvalue weighted by atomic mass is 10.2. The number of hydrogen-bond donors (Lipinski definition) is 1. The lowest BCUT2D eigenvalue weighted by molar-refractivity contribution is 0.0979. The van der Waals surface area contributed by atoms with E-state index < -0.39 is 15.9 Å². The first-order valence-electron chi connectivity index (χ1n) is 6.78. The van der Waals surface area contributed by atoms with Gasteiger partial charge in [-0.1, -0.05) is 5.16 Å². The molecule has 1 aliphatic rings. The summed E-state index contributed by atoms with van der Waals surface area (Å²) in [6, 6.07) is 4.15. The Labute approximate surface area is 132 Å². The van der Waals surface area contributed by atoms with Gasteiger partial charge in [0.05, 0.1) is 10.6 Å². The van der Waals surface area contributed by atoms with Crippen molar-refractivity contribution in [2.75, 3.05) is 13.2 Å². The molecule has 23 heavy (non-hydrogen) atoms. The summed E-state index contributed by atoms with van der Waals surface area (Å²) in [4.78, 5) is 12.1. The Kier molecular flexibility index (Phi) is 3.72. The van der Waals surface area contributed by atoms with Gasteiger partial charge < -0.3 is 14.0 Å². The van der Waals surface area contributed by atoms with Gasteiger partial charge >= 0.3 is 0 Å². The summed E-state index contributed by atoms with van der Waals surface area (Å²) < 4.78 is 42.3. The minimum absolute atomic E-state index is 0.0955. The topological polar surface area (TPSA) is 108 Å². The molecular formula is C14H14N2O6S. The van der Waals surface area contributed by atoms with E-state index in [-0.39, 0.29) is 16.2 Å². The highest BCUT2D eigenvalue weighted by atomic mass is 32.2. The summed E-state index contributed by atoms with van der Waals surface area (Å²) in [5, 5.41) is 3.63. The number of carbonyl (C=O) groups is 1.